The van der Waals surface area contributed by atoms with Crippen molar-refractivity contribution >= 4 is 33.1 Å². The number of benzene rings is 5. The maximum atomic E-state index is 6.43. The Morgan fingerprint density at radius 3 is 2.39 bits per heavy atom. The number of hydrogen-bond donors (Lipinski definition) is 0. The van der Waals surface area contributed by atoms with Gasteiger partial charge in [0, 0.05) is 10.9 Å². The molecule has 0 aliphatic heterocycles. The third-order valence-corrected chi connectivity index (χ3v) is 7.57. The van der Waals surface area contributed by atoms with Gasteiger partial charge < -0.3 is 0 Å². The van der Waals surface area contributed by atoms with Crippen LogP contribution in [0.1, 0.15) is 46.6 Å². The van der Waals surface area contributed by atoms with Crippen molar-refractivity contribution in [1.82, 2.24) is 0 Å². The second kappa shape index (κ2) is 8.04. The molecule has 0 bridgehead atoms. The molecule has 1 aliphatic rings. The van der Waals surface area contributed by atoms with Gasteiger partial charge in [0.1, 0.15) is 0 Å². The van der Waals surface area contributed by atoms with Crippen LogP contribution in [0.25, 0.3) is 32.7 Å². The van der Waals surface area contributed by atoms with Crippen molar-refractivity contribution in [2.45, 2.75) is 39.0 Å². The van der Waals surface area contributed by atoms with Gasteiger partial charge in [0.25, 0.3) is 0 Å². The first-order valence-corrected chi connectivity index (χ1v) is 12.3. The average molecular weight is 447 g/mol. The Labute approximate surface area is 200 Å². The summed E-state index contributed by atoms with van der Waals surface area (Å²) in [5.41, 5.74) is 9.62. The molecule has 162 valence electrons. The standard InChI is InChI=1S/C32H27Cl/c1-20-16-21(2)26-14-15-28-31-24(11-7-13-27(31)23-10-6-12-25(33)18-23)19-29(32(28)30(26)17-20)22-8-4-3-5-9-22/h3-6,8-10,12,14-19,27H,7,11,13H2,1-2H3. The second-order valence-corrected chi connectivity index (χ2v) is 9.96. The molecule has 6 rings (SSSR count). The van der Waals surface area contributed by atoms with Gasteiger partial charge in [0.2, 0.25) is 0 Å². The van der Waals surface area contributed by atoms with Crippen LogP contribution in [0.2, 0.25) is 5.02 Å². The van der Waals surface area contributed by atoms with Gasteiger partial charge in [0.15, 0.2) is 0 Å². The quantitative estimate of drug-likeness (QED) is 0.237. The van der Waals surface area contributed by atoms with Gasteiger partial charge >= 0.3 is 0 Å². The first-order chi connectivity index (χ1) is 16.1. The molecular formula is C32H27Cl. The van der Waals surface area contributed by atoms with Crippen molar-refractivity contribution in [3.8, 4) is 11.1 Å². The summed E-state index contributed by atoms with van der Waals surface area (Å²) in [6, 6.07) is 31.3. The lowest BCUT2D eigenvalue weighted by atomic mass is 9.74. The SMILES string of the molecule is Cc1cc(C)c2ccc3c4c(cc(-c5ccccc5)c3c2c1)CCCC4c1cccc(Cl)c1. The van der Waals surface area contributed by atoms with Crippen LogP contribution >= 0.6 is 11.6 Å². The Hall–Kier alpha value is -3.09. The van der Waals surface area contributed by atoms with Crippen LogP contribution in [0.5, 0.6) is 0 Å². The maximum Gasteiger partial charge on any atom is 0.0408 e. The van der Waals surface area contributed by atoms with Crippen molar-refractivity contribution in [3.05, 3.63) is 118 Å². The van der Waals surface area contributed by atoms with Crippen LogP contribution in [0.4, 0.5) is 0 Å². The molecule has 0 radical (unpaired) electrons. The molecule has 0 saturated heterocycles. The molecule has 0 amide bonds. The molecule has 5 aromatic rings. The van der Waals surface area contributed by atoms with E-state index >= 15 is 0 Å². The van der Waals surface area contributed by atoms with E-state index in [0.29, 0.717) is 5.92 Å². The molecule has 1 atom stereocenters. The zero-order valence-corrected chi connectivity index (χ0v) is 19.9. The summed E-state index contributed by atoms with van der Waals surface area (Å²) in [6.07, 6.45) is 3.50. The van der Waals surface area contributed by atoms with Gasteiger partial charge in [-0.3, -0.25) is 0 Å². The number of fused-ring (bicyclic) bond motifs is 5. The highest BCUT2D eigenvalue weighted by Gasteiger charge is 2.26. The van der Waals surface area contributed by atoms with Gasteiger partial charge in [-0.15, -0.1) is 0 Å². The van der Waals surface area contributed by atoms with Crippen LogP contribution in [0, 0.1) is 13.8 Å². The van der Waals surface area contributed by atoms with Crippen LogP contribution in [-0.4, -0.2) is 0 Å². The van der Waals surface area contributed by atoms with Crippen molar-refractivity contribution < 1.29 is 0 Å². The van der Waals surface area contributed by atoms with Gasteiger partial charge in [0.05, 0.1) is 0 Å². The molecule has 1 aliphatic carbocycles. The molecule has 5 aromatic carbocycles. The topological polar surface area (TPSA) is 0 Å². The fraction of sp³-hybridized carbons (Fsp3) is 0.188. The first-order valence-electron chi connectivity index (χ1n) is 11.9. The van der Waals surface area contributed by atoms with E-state index < -0.39 is 0 Å². The Bertz CT molecular complexity index is 1510. The zero-order chi connectivity index (χ0) is 22.5. The van der Waals surface area contributed by atoms with Crippen molar-refractivity contribution in [2.75, 3.05) is 0 Å². The number of hydrogen-bond acceptors (Lipinski definition) is 0. The van der Waals surface area contributed by atoms with E-state index in [1.807, 2.05) is 6.07 Å². The summed E-state index contributed by atoms with van der Waals surface area (Å²) in [5, 5.41) is 6.32. The highest BCUT2D eigenvalue weighted by molar-refractivity contribution is 6.30. The minimum Gasteiger partial charge on any atom is -0.0843 e. The summed E-state index contributed by atoms with van der Waals surface area (Å²) in [5.74, 6) is 0.378. The summed E-state index contributed by atoms with van der Waals surface area (Å²) < 4.78 is 0. The normalized spacial score (nSPS) is 15.7. The lowest BCUT2D eigenvalue weighted by molar-refractivity contribution is 0.620. The highest BCUT2D eigenvalue weighted by Crippen LogP contribution is 2.46. The van der Waals surface area contributed by atoms with Crippen LogP contribution < -0.4 is 0 Å². The Morgan fingerprint density at radius 1 is 0.758 bits per heavy atom. The van der Waals surface area contributed by atoms with Crippen LogP contribution in [0.3, 0.4) is 0 Å². The van der Waals surface area contributed by atoms with E-state index in [-0.39, 0.29) is 0 Å². The predicted octanol–water partition coefficient (Wildman–Crippen LogP) is 9.40. The molecule has 0 N–H and O–H groups in total. The molecule has 0 saturated carbocycles. The van der Waals surface area contributed by atoms with E-state index in [1.165, 1.54) is 66.9 Å². The van der Waals surface area contributed by atoms with Gasteiger partial charge in [-0.25, -0.2) is 0 Å². The maximum absolute atomic E-state index is 6.43. The van der Waals surface area contributed by atoms with E-state index in [9.17, 15) is 0 Å². The molecule has 0 heterocycles. The largest absolute Gasteiger partial charge is 0.0843 e. The molecule has 0 fully saturated rings. The zero-order valence-electron chi connectivity index (χ0n) is 19.2. The summed E-state index contributed by atoms with van der Waals surface area (Å²) >= 11 is 6.43. The minimum atomic E-state index is 0.378. The number of aryl methyl sites for hydroxylation is 3. The molecular weight excluding hydrogens is 420 g/mol. The smallest absolute Gasteiger partial charge is 0.0408 e. The second-order valence-electron chi connectivity index (χ2n) is 9.53. The Morgan fingerprint density at radius 2 is 1.58 bits per heavy atom. The van der Waals surface area contributed by atoms with E-state index in [1.54, 1.807) is 0 Å². The Kier molecular flexibility index (Phi) is 5.00. The number of rotatable bonds is 2. The molecule has 1 unspecified atom stereocenters. The summed E-state index contributed by atoms with van der Waals surface area (Å²) in [7, 11) is 0. The fourth-order valence-corrected chi connectivity index (χ4v) is 6.17. The van der Waals surface area contributed by atoms with E-state index in [0.717, 1.165) is 17.9 Å². The van der Waals surface area contributed by atoms with Gasteiger partial charge in [-0.1, -0.05) is 90.0 Å². The predicted molar refractivity (Wildman–Crippen MR) is 143 cm³/mol. The molecule has 1 heteroatoms. The third-order valence-electron chi connectivity index (χ3n) is 7.33. The van der Waals surface area contributed by atoms with Gasteiger partial charge in [-0.05, 0) is 100 Å². The van der Waals surface area contributed by atoms with Crippen molar-refractivity contribution in [1.29, 1.82) is 0 Å². The monoisotopic (exact) mass is 446 g/mol. The lowest BCUT2D eigenvalue weighted by Gasteiger charge is -2.29. The van der Waals surface area contributed by atoms with Crippen molar-refractivity contribution in [3.63, 3.8) is 0 Å². The Balaban J connectivity index is 1.76. The molecule has 0 spiro atoms. The fourth-order valence-electron chi connectivity index (χ4n) is 5.98. The molecule has 33 heavy (non-hydrogen) atoms. The third kappa shape index (κ3) is 3.45. The average Bonchev–Trinajstić information content (AvgIpc) is 2.83. The minimum absolute atomic E-state index is 0.378. The van der Waals surface area contributed by atoms with Gasteiger partial charge in [-0.2, -0.15) is 0 Å². The van der Waals surface area contributed by atoms with Crippen molar-refractivity contribution in [2.24, 2.45) is 0 Å². The molecule has 0 aromatic heterocycles. The summed E-state index contributed by atoms with van der Waals surface area (Å²) in [6.45, 7) is 4.44. The summed E-state index contributed by atoms with van der Waals surface area (Å²) in [4.78, 5) is 0. The highest BCUT2D eigenvalue weighted by atomic mass is 35.5. The van der Waals surface area contributed by atoms with Crippen LogP contribution in [0.15, 0.2) is 84.9 Å². The number of halogens is 1. The molecule has 0 nitrogen and oxygen atoms in total. The first kappa shape index (κ1) is 20.5. The van der Waals surface area contributed by atoms with E-state index in [2.05, 4.69) is 92.7 Å². The lowest BCUT2D eigenvalue weighted by Crippen LogP contribution is -2.12. The van der Waals surface area contributed by atoms with Crippen LogP contribution in [-0.2, 0) is 6.42 Å². The van der Waals surface area contributed by atoms with E-state index in [4.69, 9.17) is 11.6 Å².